The Hall–Kier alpha value is -1.65. The highest BCUT2D eigenvalue weighted by Gasteiger charge is 2.25. The van der Waals surface area contributed by atoms with Crippen LogP contribution in [0.1, 0.15) is 54.2 Å². The number of aromatic nitrogens is 2. The quantitative estimate of drug-likeness (QED) is 0.892. The maximum atomic E-state index is 9.81. The van der Waals surface area contributed by atoms with Crippen LogP contribution in [0, 0.1) is 0 Å². The molecule has 118 valence electrons. The number of nitrogens with one attached hydrogen (secondary N) is 1. The van der Waals surface area contributed by atoms with Gasteiger partial charge in [-0.25, -0.2) is 0 Å². The third kappa shape index (κ3) is 2.94. The molecule has 0 radical (unpaired) electrons. The summed E-state index contributed by atoms with van der Waals surface area (Å²) < 4.78 is 1.98. The van der Waals surface area contributed by atoms with E-state index in [2.05, 4.69) is 41.6 Å². The van der Waals surface area contributed by atoms with Gasteiger partial charge >= 0.3 is 0 Å². The van der Waals surface area contributed by atoms with Crippen molar-refractivity contribution in [2.75, 3.05) is 6.61 Å². The first-order chi connectivity index (χ1) is 10.7. The minimum absolute atomic E-state index is 0.0259. The molecule has 3 rings (SSSR count). The predicted octanol–water partition coefficient (Wildman–Crippen LogP) is 2.68. The molecular formula is C18H25N3O. The Kier molecular flexibility index (Phi) is 4.60. The van der Waals surface area contributed by atoms with Crippen LogP contribution in [0.2, 0.25) is 0 Å². The summed E-state index contributed by atoms with van der Waals surface area (Å²) in [6, 6.07) is 8.80. The fourth-order valence-corrected chi connectivity index (χ4v) is 3.36. The maximum absolute atomic E-state index is 9.81. The molecule has 0 bridgehead atoms. The highest BCUT2D eigenvalue weighted by atomic mass is 16.3. The van der Waals surface area contributed by atoms with Crippen molar-refractivity contribution in [3.8, 4) is 0 Å². The van der Waals surface area contributed by atoms with Gasteiger partial charge in [-0.15, -0.1) is 0 Å². The van der Waals surface area contributed by atoms with E-state index in [1.54, 1.807) is 0 Å². The Labute approximate surface area is 132 Å². The number of aliphatic hydroxyl groups is 1. The van der Waals surface area contributed by atoms with Gasteiger partial charge in [-0.05, 0) is 36.8 Å². The fourth-order valence-electron chi connectivity index (χ4n) is 3.36. The van der Waals surface area contributed by atoms with Crippen molar-refractivity contribution in [3.63, 3.8) is 0 Å². The van der Waals surface area contributed by atoms with Gasteiger partial charge in [-0.1, -0.05) is 31.2 Å². The number of hydrogen-bond donors (Lipinski definition) is 2. The summed E-state index contributed by atoms with van der Waals surface area (Å²) in [5.74, 6) is 0. The molecule has 0 fully saturated rings. The van der Waals surface area contributed by atoms with Gasteiger partial charge in [-0.3, -0.25) is 4.68 Å². The second kappa shape index (κ2) is 6.63. The standard InChI is InChI=1S/C18H25N3O/c1-3-13-7-9-14(10-8-13)17(12-22)20-16-5-4-6-18-15(16)11-19-21(18)2/h7-11,16-17,20,22H,3-6,12H2,1-2H3. The van der Waals surface area contributed by atoms with Gasteiger partial charge in [-0.2, -0.15) is 5.10 Å². The molecule has 1 aliphatic rings. The maximum Gasteiger partial charge on any atom is 0.0626 e. The van der Waals surface area contributed by atoms with Gasteiger partial charge in [0.1, 0.15) is 0 Å². The zero-order chi connectivity index (χ0) is 15.5. The Morgan fingerprint density at radius 3 is 2.82 bits per heavy atom. The van der Waals surface area contributed by atoms with Crippen LogP contribution in [0.15, 0.2) is 30.5 Å². The largest absolute Gasteiger partial charge is 0.394 e. The van der Waals surface area contributed by atoms with Crippen molar-refractivity contribution in [2.24, 2.45) is 7.05 Å². The van der Waals surface area contributed by atoms with Crippen molar-refractivity contribution in [3.05, 3.63) is 52.8 Å². The van der Waals surface area contributed by atoms with Crippen LogP contribution < -0.4 is 5.32 Å². The van der Waals surface area contributed by atoms with Gasteiger partial charge < -0.3 is 10.4 Å². The summed E-state index contributed by atoms with van der Waals surface area (Å²) in [5, 5.41) is 17.8. The fraction of sp³-hybridized carbons (Fsp3) is 0.500. The van der Waals surface area contributed by atoms with Crippen molar-refractivity contribution in [1.82, 2.24) is 15.1 Å². The molecule has 1 heterocycles. The first-order valence-electron chi connectivity index (χ1n) is 8.19. The van der Waals surface area contributed by atoms with Crippen molar-refractivity contribution in [2.45, 2.75) is 44.7 Å². The van der Waals surface area contributed by atoms with E-state index in [1.165, 1.54) is 16.8 Å². The molecule has 4 nitrogen and oxygen atoms in total. The predicted molar refractivity (Wildman–Crippen MR) is 87.7 cm³/mol. The summed E-state index contributed by atoms with van der Waals surface area (Å²) in [6.07, 6.45) is 6.37. The molecule has 1 aromatic heterocycles. The van der Waals surface area contributed by atoms with E-state index in [9.17, 15) is 5.11 Å². The topological polar surface area (TPSA) is 50.1 Å². The second-order valence-corrected chi connectivity index (χ2v) is 6.11. The summed E-state index contributed by atoms with van der Waals surface area (Å²) in [5.41, 5.74) is 5.09. The molecule has 2 N–H and O–H groups in total. The van der Waals surface area contributed by atoms with Crippen LogP contribution in [0.25, 0.3) is 0 Å². The van der Waals surface area contributed by atoms with E-state index >= 15 is 0 Å². The number of rotatable bonds is 5. The Bertz CT molecular complexity index is 618. The lowest BCUT2D eigenvalue weighted by atomic mass is 9.91. The van der Waals surface area contributed by atoms with Crippen LogP contribution in [0.3, 0.4) is 0 Å². The monoisotopic (exact) mass is 299 g/mol. The van der Waals surface area contributed by atoms with E-state index in [1.807, 2.05) is 17.9 Å². The highest BCUT2D eigenvalue weighted by Crippen LogP contribution is 2.31. The third-order valence-electron chi connectivity index (χ3n) is 4.75. The Balaban J connectivity index is 1.78. The van der Waals surface area contributed by atoms with E-state index in [4.69, 9.17) is 0 Å². The van der Waals surface area contributed by atoms with Gasteiger partial charge in [0.2, 0.25) is 0 Å². The number of fused-ring (bicyclic) bond motifs is 1. The van der Waals surface area contributed by atoms with Gasteiger partial charge in [0.15, 0.2) is 0 Å². The molecule has 22 heavy (non-hydrogen) atoms. The number of benzene rings is 1. The van der Waals surface area contributed by atoms with E-state index < -0.39 is 0 Å². The minimum atomic E-state index is -0.0259. The molecule has 0 spiro atoms. The molecular weight excluding hydrogens is 274 g/mol. The van der Waals surface area contributed by atoms with Crippen LogP contribution in [-0.2, 0) is 19.9 Å². The molecule has 2 unspecified atom stereocenters. The average molecular weight is 299 g/mol. The zero-order valence-electron chi connectivity index (χ0n) is 13.4. The first kappa shape index (κ1) is 15.3. The lowest BCUT2D eigenvalue weighted by Gasteiger charge is -2.28. The van der Waals surface area contributed by atoms with Crippen molar-refractivity contribution in [1.29, 1.82) is 0 Å². The zero-order valence-corrected chi connectivity index (χ0v) is 13.4. The summed E-state index contributed by atoms with van der Waals surface area (Å²) in [4.78, 5) is 0. The molecule has 0 saturated heterocycles. The third-order valence-corrected chi connectivity index (χ3v) is 4.75. The average Bonchev–Trinajstić information content (AvgIpc) is 2.95. The summed E-state index contributed by atoms with van der Waals surface area (Å²) >= 11 is 0. The molecule has 2 aromatic rings. The molecule has 4 heteroatoms. The number of nitrogens with zero attached hydrogens (tertiary/aromatic N) is 2. The van der Waals surface area contributed by atoms with Crippen LogP contribution >= 0.6 is 0 Å². The molecule has 1 aromatic carbocycles. The Morgan fingerprint density at radius 2 is 2.14 bits per heavy atom. The van der Waals surface area contributed by atoms with Gasteiger partial charge in [0.25, 0.3) is 0 Å². The Morgan fingerprint density at radius 1 is 1.36 bits per heavy atom. The van der Waals surface area contributed by atoms with Crippen LogP contribution in [0.4, 0.5) is 0 Å². The van der Waals surface area contributed by atoms with Crippen molar-refractivity contribution >= 4 is 0 Å². The lowest BCUT2D eigenvalue weighted by molar-refractivity contribution is 0.228. The van der Waals surface area contributed by atoms with Gasteiger partial charge in [0.05, 0.1) is 18.8 Å². The number of aliphatic hydroxyl groups excluding tert-OH is 1. The number of aryl methyl sites for hydroxylation is 2. The number of hydrogen-bond acceptors (Lipinski definition) is 3. The highest BCUT2D eigenvalue weighted by molar-refractivity contribution is 5.28. The smallest absolute Gasteiger partial charge is 0.0626 e. The second-order valence-electron chi connectivity index (χ2n) is 6.11. The summed E-state index contributed by atoms with van der Waals surface area (Å²) in [6.45, 7) is 2.26. The van der Waals surface area contributed by atoms with Crippen LogP contribution in [0.5, 0.6) is 0 Å². The molecule has 0 amide bonds. The molecule has 0 aliphatic heterocycles. The van der Waals surface area contributed by atoms with E-state index in [-0.39, 0.29) is 18.7 Å². The minimum Gasteiger partial charge on any atom is -0.394 e. The normalized spacial score (nSPS) is 19.0. The first-order valence-corrected chi connectivity index (χ1v) is 8.19. The van der Waals surface area contributed by atoms with Gasteiger partial charge in [0, 0.05) is 24.3 Å². The van der Waals surface area contributed by atoms with Crippen molar-refractivity contribution < 1.29 is 5.11 Å². The lowest BCUT2D eigenvalue weighted by Crippen LogP contribution is -2.31. The molecule has 2 atom stereocenters. The van der Waals surface area contributed by atoms with E-state index in [0.29, 0.717) is 0 Å². The molecule has 1 aliphatic carbocycles. The molecule has 0 saturated carbocycles. The SMILES string of the molecule is CCc1ccc(C(CO)NC2CCCc3c2cnn3C)cc1. The van der Waals surface area contributed by atoms with Crippen LogP contribution in [-0.4, -0.2) is 21.5 Å². The van der Waals surface area contributed by atoms with E-state index in [0.717, 1.165) is 31.2 Å². The summed E-state index contributed by atoms with van der Waals surface area (Å²) in [7, 11) is 2.01.